The molecule has 8 saturated carbocycles. The number of aliphatic hydroxyl groups excluding tert-OH is 1. The van der Waals surface area contributed by atoms with Gasteiger partial charge < -0.3 is 20.7 Å². The summed E-state index contributed by atoms with van der Waals surface area (Å²) in [4.78, 5) is 39.7. The molecule has 8 bridgehead atoms. The maximum atomic E-state index is 13.5. The monoisotopic (exact) mass is 565 g/mol. The molecule has 8 aliphatic rings. The molecule has 2 heterocycles. The van der Waals surface area contributed by atoms with Gasteiger partial charge >= 0.3 is 0 Å². The first-order valence-corrected chi connectivity index (χ1v) is 16.1. The molecule has 42 heavy (non-hydrogen) atoms. The minimum absolute atomic E-state index is 0.111. The fourth-order valence-electron chi connectivity index (χ4n) is 11.0. The van der Waals surface area contributed by atoms with Crippen molar-refractivity contribution >= 4 is 34.4 Å². The van der Waals surface area contributed by atoms with Crippen molar-refractivity contribution in [2.75, 3.05) is 10.6 Å². The van der Waals surface area contributed by atoms with Crippen molar-refractivity contribution in [2.45, 2.75) is 76.7 Å². The average Bonchev–Trinajstić information content (AvgIpc) is 3.38. The molecule has 8 heteroatoms. The molecule has 8 fully saturated rings. The number of aliphatic hydroxyl groups is 1. The van der Waals surface area contributed by atoms with Crippen LogP contribution in [0.3, 0.4) is 0 Å². The van der Waals surface area contributed by atoms with Crippen LogP contribution >= 0.6 is 0 Å². The highest BCUT2D eigenvalue weighted by atomic mass is 16.3. The van der Waals surface area contributed by atoms with E-state index in [-0.39, 0.29) is 40.6 Å². The summed E-state index contributed by atoms with van der Waals surface area (Å²) in [5.41, 5.74) is 2.74. The van der Waals surface area contributed by atoms with E-state index in [2.05, 4.69) is 20.6 Å². The lowest BCUT2D eigenvalue weighted by atomic mass is 9.48. The maximum absolute atomic E-state index is 13.5. The lowest BCUT2D eigenvalue weighted by Gasteiger charge is -2.57. The second kappa shape index (κ2) is 8.88. The zero-order valence-corrected chi connectivity index (χ0v) is 23.9. The van der Waals surface area contributed by atoms with Crippen LogP contribution in [0, 0.1) is 46.3 Å². The SMILES string of the molecule is O=C(Nc1ccc(-c2nc3cc(NC(=O)C45CC6CC(CC(C6)C4)C5)ncc3[nH]2)cc1)C12CC3CC(C1)C(O)C(C3)C2. The Hall–Kier alpha value is -3.26. The van der Waals surface area contributed by atoms with Gasteiger partial charge in [-0.1, -0.05) is 0 Å². The van der Waals surface area contributed by atoms with E-state index in [0.29, 0.717) is 11.7 Å². The number of carbonyl (C=O) groups excluding carboxylic acids is 2. The van der Waals surface area contributed by atoms with Crippen LogP contribution in [-0.4, -0.2) is 38.0 Å². The predicted molar refractivity (Wildman–Crippen MR) is 159 cm³/mol. The number of fused-ring (bicyclic) bond motifs is 1. The molecule has 3 aromatic rings. The number of nitrogens with zero attached hydrogens (tertiary/aromatic N) is 2. The lowest BCUT2D eigenvalue weighted by molar-refractivity contribution is -0.158. The molecule has 0 aliphatic heterocycles. The van der Waals surface area contributed by atoms with Crippen LogP contribution in [0.25, 0.3) is 22.4 Å². The molecular formula is C34H39N5O3. The van der Waals surface area contributed by atoms with Crippen LogP contribution in [-0.2, 0) is 9.59 Å². The third-order valence-electron chi connectivity index (χ3n) is 12.3. The van der Waals surface area contributed by atoms with Gasteiger partial charge in [0.25, 0.3) is 0 Å². The number of anilines is 2. The van der Waals surface area contributed by atoms with Crippen LogP contribution < -0.4 is 10.6 Å². The minimum Gasteiger partial charge on any atom is -0.393 e. The number of benzene rings is 1. The van der Waals surface area contributed by atoms with Crippen molar-refractivity contribution < 1.29 is 14.7 Å². The van der Waals surface area contributed by atoms with Crippen LogP contribution in [0.4, 0.5) is 11.5 Å². The Labute approximate surface area is 245 Å². The van der Waals surface area contributed by atoms with Crippen molar-refractivity contribution in [2.24, 2.45) is 46.3 Å². The second-order valence-electron chi connectivity index (χ2n) is 15.1. The summed E-state index contributed by atoms with van der Waals surface area (Å²) in [6.45, 7) is 0. The van der Waals surface area contributed by atoms with Gasteiger partial charge in [-0.05, 0) is 130 Å². The van der Waals surface area contributed by atoms with Crippen LogP contribution in [0.5, 0.6) is 0 Å². The number of rotatable bonds is 5. The van der Waals surface area contributed by atoms with Crippen LogP contribution in [0.1, 0.15) is 70.6 Å². The molecular weight excluding hydrogens is 526 g/mol. The topological polar surface area (TPSA) is 120 Å². The summed E-state index contributed by atoms with van der Waals surface area (Å²) in [6, 6.07) is 9.68. The van der Waals surface area contributed by atoms with E-state index in [4.69, 9.17) is 4.98 Å². The summed E-state index contributed by atoms with van der Waals surface area (Å²) in [6.07, 6.45) is 13.3. The largest absolute Gasteiger partial charge is 0.393 e. The van der Waals surface area contributed by atoms with Gasteiger partial charge in [-0.15, -0.1) is 0 Å². The number of carbonyl (C=O) groups is 2. The maximum Gasteiger partial charge on any atom is 0.231 e. The molecule has 218 valence electrons. The van der Waals surface area contributed by atoms with Crippen molar-refractivity contribution in [3.05, 3.63) is 36.5 Å². The van der Waals surface area contributed by atoms with E-state index in [9.17, 15) is 14.7 Å². The number of hydrogen-bond acceptors (Lipinski definition) is 5. The highest BCUT2D eigenvalue weighted by Crippen LogP contribution is 2.61. The highest BCUT2D eigenvalue weighted by Gasteiger charge is 2.58. The Bertz CT molecular complexity index is 1540. The van der Waals surface area contributed by atoms with Crippen LogP contribution in [0.15, 0.2) is 36.5 Å². The molecule has 0 radical (unpaired) electrons. The van der Waals surface area contributed by atoms with E-state index in [1.165, 1.54) is 19.3 Å². The number of aromatic amines is 1. The van der Waals surface area contributed by atoms with Gasteiger partial charge in [0.05, 0.1) is 34.2 Å². The first-order chi connectivity index (χ1) is 20.3. The summed E-state index contributed by atoms with van der Waals surface area (Å²) >= 11 is 0. The fourth-order valence-corrected chi connectivity index (χ4v) is 11.0. The lowest BCUT2D eigenvalue weighted by Crippen LogP contribution is -2.57. The molecule has 2 atom stereocenters. The number of aromatic nitrogens is 3. The Morgan fingerprint density at radius 2 is 1.36 bits per heavy atom. The summed E-state index contributed by atoms with van der Waals surface area (Å²) < 4.78 is 0. The van der Waals surface area contributed by atoms with Crippen molar-refractivity contribution in [3.63, 3.8) is 0 Å². The van der Waals surface area contributed by atoms with E-state index < -0.39 is 0 Å². The van der Waals surface area contributed by atoms with Gasteiger partial charge in [-0.3, -0.25) is 9.59 Å². The molecule has 1 aromatic carbocycles. The second-order valence-corrected chi connectivity index (χ2v) is 15.1. The molecule has 0 saturated heterocycles. The molecule has 2 amide bonds. The number of amides is 2. The number of H-pyrrole nitrogens is 1. The van der Waals surface area contributed by atoms with Gasteiger partial charge in [0.15, 0.2) is 0 Å². The Morgan fingerprint density at radius 3 is 2.00 bits per heavy atom. The smallest absolute Gasteiger partial charge is 0.231 e. The van der Waals surface area contributed by atoms with E-state index in [0.717, 1.165) is 97.2 Å². The summed E-state index contributed by atoms with van der Waals surface area (Å²) in [5, 5.41) is 16.9. The predicted octanol–water partition coefficient (Wildman–Crippen LogP) is 5.91. The van der Waals surface area contributed by atoms with Gasteiger partial charge in [0, 0.05) is 17.3 Å². The minimum atomic E-state index is -0.330. The number of pyridine rings is 1. The van der Waals surface area contributed by atoms with Gasteiger partial charge in [0.2, 0.25) is 11.8 Å². The van der Waals surface area contributed by atoms with Crippen LogP contribution in [0.2, 0.25) is 0 Å². The molecule has 2 unspecified atom stereocenters. The standard InChI is InChI=1S/C34H39N5O3/c40-29-23-8-21-9-24(29)16-34(14-21,15-23)31(41)36-25-3-1-22(2-4-25)30-37-26-10-28(35-17-27(26)38-30)39-32(42)33-11-18-5-19(12-33)7-20(6-18)13-33/h1-4,10,17-21,23-24,29,40H,5-9,11-16H2,(H,36,41)(H,37,38)(H,35,39,42). The molecule has 11 rings (SSSR count). The first-order valence-electron chi connectivity index (χ1n) is 16.1. The summed E-state index contributed by atoms with van der Waals surface area (Å²) in [5.74, 6) is 4.83. The van der Waals surface area contributed by atoms with Gasteiger partial charge in [-0.2, -0.15) is 0 Å². The number of nitrogens with one attached hydrogen (secondary N) is 3. The first kappa shape index (κ1) is 25.3. The molecule has 4 N–H and O–H groups in total. The summed E-state index contributed by atoms with van der Waals surface area (Å²) in [7, 11) is 0. The van der Waals surface area contributed by atoms with E-state index in [1.807, 2.05) is 30.3 Å². The molecule has 2 aromatic heterocycles. The average molecular weight is 566 g/mol. The van der Waals surface area contributed by atoms with E-state index in [1.54, 1.807) is 6.20 Å². The normalized spacial score (nSPS) is 39.1. The highest BCUT2D eigenvalue weighted by molar-refractivity contribution is 5.97. The molecule has 8 nitrogen and oxygen atoms in total. The quantitative estimate of drug-likeness (QED) is 0.307. The zero-order chi connectivity index (χ0) is 28.2. The Balaban J connectivity index is 0.893. The van der Waals surface area contributed by atoms with Gasteiger partial charge in [0.1, 0.15) is 11.6 Å². The molecule has 8 aliphatic carbocycles. The zero-order valence-electron chi connectivity index (χ0n) is 23.9. The van der Waals surface area contributed by atoms with Gasteiger partial charge in [-0.25, -0.2) is 9.97 Å². The number of imidazole rings is 1. The Morgan fingerprint density at radius 1 is 0.786 bits per heavy atom. The third-order valence-corrected chi connectivity index (χ3v) is 12.3. The fraction of sp³-hybridized carbons (Fsp3) is 0.588. The Kier molecular flexibility index (Phi) is 5.34. The van der Waals surface area contributed by atoms with Crippen molar-refractivity contribution in [3.8, 4) is 11.4 Å². The van der Waals surface area contributed by atoms with Crippen molar-refractivity contribution in [1.82, 2.24) is 15.0 Å². The third kappa shape index (κ3) is 3.90. The molecule has 0 spiro atoms. The van der Waals surface area contributed by atoms with Crippen molar-refractivity contribution in [1.29, 1.82) is 0 Å². The van der Waals surface area contributed by atoms with E-state index >= 15 is 0 Å². The number of hydrogen-bond donors (Lipinski definition) is 4.